The van der Waals surface area contributed by atoms with E-state index in [1.807, 2.05) is 12.1 Å². The molecule has 2 N–H and O–H groups in total. The topological polar surface area (TPSA) is 58.6 Å². The van der Waals surface area contributed by atoms with Crippen LogP contribution in [0.2, 0.25) is 0 Å². The third-order valence-corrected chi connectivity index (χ3v) is 5.38. The van der Waals surface area contributed by atoms with Gasteiger partial charge in [0.25, 0.3) is 0 Å². The minimum atomic E-state index is -0.385. The second-order valence-electron chi connectivity index (χ2n) is 6.99. The molecular weight excluding hydrogens is 290 g/mol. The summed E-state index contributed by atoms with van der Waals surface area (Å²) in [5.74, 6) is -0.274. The van der Waals surface area contributed by atoms with Gasteiger partial charge in [0.1, 0.15) is 0 Å². The Hall–Kier alpha value is -1.39. The van der Waals surface area contributed by atoms with Crippen LogP contribution in [0.4, 0.5) is 0 Å². The van der Waals surface area contributed by atoms with Crippen molar-refractivity contribution in [1.29, 1.82) is 0 Å². The smallest absolute Gasteiger partial charge is 0.337 e. The summed E-state index contributed by atoms with van der Waals surface area (Å²) in [6.07, 6.45) is 8.32. The van der Waals surface area contributed by atoms with E-state index in [2.05, 4.69) is 11.4 Å². The lowest BCUT2D eigenvalue weighted by molar-refractivity contribution is -0.0415. The van der Waals surface area contributed by atoms with Gasteiger partial charge in [0.2, 0.25) is 0 Å². The van der Waals surface area contributed by atoms with Gasteiger partial charge in [0, 0.05) is 6.04 Å². The fraction of sp³-hybridized carbons (Fsp3) is 0.632. The Morgan fingerprint density at radius 1 is 1.39 bits per heavy atom. The molecule has 2 aliphatic carbocycles. The Kier molecular flexibility index (Phi) is 5.02. The molecular formula is C19H27NO3. The maximum atomic E-state index is 11.7. The number of nitrogens with one attached hydrogen (secondary N) is 1. The van der Waals surface area contributed by atoms with Crippen molar-refractivity contribution in [3.63, 3.8) is 0 Å². The Morgan fingerprint density at radius 3 is 2.91 bits per heavy atom. The fourth-order valence-electron chi connectivity index (χ4n) is 3.78. The molecule has 0 bridgehead atoms. The molecule has 2 aliphatic rings. The van der Waals surface area contributed by atoms with E-state index in [9.17, 15) is 9.90 Å². The van der Waals surface area contributed by atoms with Crippen molar-refractivity contribution in [2.75, 3.05) is 13.7 Å². The van der Waals surface area contributed by atoms with Crippen LogP contribution in [0.25, 0.3) is 0 Å². The summed E-state index contributed by atoms with van der Waals surface area (Å²) in [6, 6.07) is 6.21. The molecule has 1 unspecified atom stereocenters. The summed E-state index contributed by atoms with van der Waals surface area (Å²) in [5.41, 5.74) is 2.81. The largest absolute Gasteiger partial charge is 0.465 e. The van der Waals surface area contributed by atoms with Crippen molar-refractivity contribution in [2.45, 2.75) is 63.0 Å². The van der Waals surface area contributed by atoms with Gasteiger partial charge in [-0.2, -0.15) is 0 Å². The van der Waals surface area contributed by atoms with Crippen LogP contribution in [-0.4, -0.2) is 30.3 Å². The molecule has 0 heterocycles. The Bertz CT molecular complexity index is 566. The minimum Gasteiger partial charge on any atom is -0.465 e. The predicted molar refractivity (Wildman–Crippen MR) is 89.5 cm³/mol. The second-order valence-corrected chi connectivity index (χ2v) is 6.99. The lowest BCUT2D eigenvalue weighted by Crippen LogP contribution is -2.37. The minimum absolute atomic E-state index is 0.274. The van der Waals surface area contributed by atoms with E-state index in [0.717, 1.165) is 51.5 Å². The van der Waals surface area contributed by atoms with Crippen molar-refractivity contribution >= 4 is 5.97 Å². The van der Waals surface area contributed by atoms with E-state index in [1.165, 1.54) is 24.7 Å². The molecule has 1 aromatic rings. The summed E-state index contributed by atoms with van der Waals surface area (Å²) >= 11 is 0. The van der Waals surface area contributed by atoms with Crippen LogP contribution < -0.4 is 5.32 Å². The quantitative estimate of drug-likeness (QED) is 0.625. The van der Waals surface area contributed by atoms with Crippen LogP contribution in [-0.2, 0) is 11.2 Å². The highest BCUT2D eigenvalue weighted by Gasteiger charge is 2.33. The van der Waals surface area contributed by atoms with Gasteiger partial charge in [-0.15, -0.1) is 0 Å². The van der Waals surface area contributed by atoms with E-state index in [-0.39, 0.29) is 11.6 Å². The van der Waals surface area contributed by atoms with E-state index in [1.54, 1.807) is 0 Å². The monoisotopic (exact) mass is 317 g/mol. The van der Waals surface area contributed by atoms with Gasteiger partial charge in [-0.25, -0.2) is 4.79 Å². The average Bonchev–Trinajstić information content (AvgIpc) is 2.56. The Balaban J connectivity index is 1.59. The molecule has 0 aromatic heterocycles. The maximum Gasteiger partial charge on any atom is 0.337 e. The normalized spacial score (nSPS) is 22.1. The zero-order valence-electron chi connectivity index (χ0n) is 13.9. The molecule has 0 saturated heterocycles. The van der Waals surface area contributed by atoms with Gasteiger partial charge < -0.3 is 15.2 Å². The number of aryl methyl sites for hydroxylation is 1. The highest BCUT2D eigenvalue weighted by Crippen LogP contribution is 2.35. The zero-order valence-corrected chi connectivity index (χ0v) is 13.9. The number of hydrogen-bond acceptors (Lipinski definition) is 4. The Morgan fingerprint density at radius 2 is 2.22 bits per heavy atom. The number of hydrogen-bond donors (Lipinski definition) is 2. The number of methoxy groups -OCH3 is 1. The number of benzene rings is 1. The average molecular weight is 317 g/mol. The molecule has 1 aromatic carbocycles. The number of carbonyl (C=O) groups is 1. The molecule has 0 spiro atoms. The molecule has 1 atom stereocenters. The fourth-order valence-corrected chi connectivity index (χ4v) is 3.78. The molecule has 0 radical (unpaired) electrons. The number of ether oxygens (including phenoxy) is 1. The first-order valence-electron chi connectivity index (χ1n) is 8.78. The summed E-state index contributed by atoms with van der Waals surface area (Å²) in [6.45, 7) is 0.912. The zero-order chi connectivity index (χ0) is 16.3. The molecule has 23 heavy (non-hydrogen) atoms. The maximum absolute atomic E-state index is 11.7. The highest BCUT2D eigenvalue weighted by atomic mass is 16.5. The van der Waals surface area contributed by atoms with E-state index in [0.29, 0.717) is 11.6 Å². The number of aliphatic hydroxyl groups is 1. The van der Waals surface area contributed by atoms with Gasteiger partial charge >= 0.3 is 5.97 Å². The van der Waals surface area contributed by atoms with E-state index < -0.39 is 0 Å². The second kappa shape index (κ2) is 7.02. The first-order valence-corrected chi connectivity index (χ1v) is 8.78. The third kappa shape index (κ3) is 3.75. The Labute approximate surface area is 138 Å². The van der Waals surface area contributed by atoms with Crippen molar-refractivity contribution in [3.8, 4) is 0 Å². The SMILES string of the molecule is COC(=O)c1ccc2c(c1)C(NCCCC1(O)CCC1)CCC2. The van der Waals surface area contributed by atoms with Crippen LogP contribution in [0.1, 0.15) is 72.5 Å². The number of rotatable bonds is 6. The molecule has 3 rings (SSSR count). The predicted octanol–water partition coefficient (Wildman–Crippen LogP) is 3.14. The van der Waals surface area contributed by atoms with Crippen molar-refractivity contribution in [3.05, 3.63) is 34.9 Å². The van der Waals surface area contributed by atoms with E-state index in [4.69, 9.17) is 4.74 Å². The van der Waals surface area contributed by atoms with Gasteiger partial charge in [-0.1, -0.05) is 6.07 Å². The summed E-state index contributed by atoms with van der Waals surface area (Å²) in [7, 11) is 1.42. The van der Waals surface area contributed by atoms with E-state index >= 15 is 0 Å². The van der Waals surface area contributed by atoms with Crippen LogP contribution in [0.3, 0.4) is 0 Å². The molecule has 0 aliphatic heterocycles. The van der Waals surface area contributed by atoms with Crippen molar-refractivity contribution in [1.82, 2.24) is 5.32 Å². The lowest BCUT2D eigenvalue weighted by atomic mass is 9.77. The van der Waals surface area contributed by atoms with Crippen molar-refractivity contribution < 1.29 is 14.6 Å². The van der Waals surface area contributed by atoms with Crippen LogP contribution >= 0.6 is 0 Å². The van der Waals surface area contributed by atoms with Gasteiger partial charge in [-0.3, -0.25) is 0 Å². The lowest BCUT2D eigenvalue weighted by Gasteiger charge is -2.37. The van der Waals surface area contributed by atoms with Gasteiger partial charge in [-0.05, 0) is 81.2 Å². The summed E-state index contributed by atoms with van der Waals surface area (Å²) in [4.78, 5) is 11.7. The molecule has 4 heteroatoms. The number of carbonyl (C=O) groups excluding carboxylic acids is 1. The standard InChI is InChI=1S/C19H27NO3/c1-23-18(21)15-8-7-14-5-2-6-17(16(14)13-15)20-12-4-11-19(22)9-3-10-19/h7-8,13,17,20,22H,2-6,9-12H2,1H3. The van der Waals surface area contributed by atoms with Crippen LogP contribution in [0, 0.1) is 0 Å². The van der Waals surface area contributed by atoms with Gasteiger partial charge in [0.05, 0.1) is 18.3 Å². The molecule has 1 fully saturated rings. The first-order chi connectivity index (χ1) is 11.1. The first kappa shape index (κ1) is 16.5. The molecule has 4 nitrogen and oxygen atoms in total. The van der Waals surface area contributed by atoms with Crippen molar-refractivity contribution in [2.24, 2.45) is 0 Å². The summed E-state index contributed by atoms with van der Waals surface area (Å²) in [5, 5.41) is 13.8. The third-order valence-electron chi connectivity index (χ3n) is 5.38. The summed E-state index contributed by atoms with van der Waals surface area (Å²) < 4.78 is 4.83. The number of esters is 1. The molecule has 1 saturated carbocycles. The van der Waals surface area contributed by atoms with Crippen LogP contribution in [0.5, 0.6) is 0 Å². The molecule has 0 amide bonds. The number of fused-ring (bicyclic) bond motifs is 1. The van der Waals surface area contributed by atoms with Gasteiger partial charge in [0.15, 0.2) is 0 Å². The highest BCUT2D eigenvalue weighted by molar-refractivity contribution is 5.89. The van der Waals surface area contributed by atoms with Crippen LogP contribution in [0.15, 0.2) is 18.2 Å². The molecule has 126 valence electrons.